The number of thiocarbonyl (C=S) groups is 1. The van der Waals surface area contributed by atoms with E-state index >= 15 is 0 Å². The van der Waals surface area contributed by atoms with Crippen molar-refractivity contribution < 1.29 is 9.47 Å². The molecule has 8 heavy (non-hydrogen) atoms. The molecular formula is C4H7NO2S. The van der Waals surface area contributed by atoms with Crippen molar-refractivity contribution in [1.29, 1.82) is 0 Å². The van der Waals surface area contributed by atoms with Crippen molar-refractivity contribution >= 4 is 17.2 Å². The Morgan fingerprint density at radius 3 is 2.25 bits per heavy atom. The van der Waals surface area contributed by atoms with Gasteiger partial charge in [-0.3, -0.25) is 0 Å². The van der Waals surface area contributed by atoms with E-state index in [1.807, 2.05) is 0 Å². The van der Waals surface area contributed by atoms with Crippen molar-refractivity contribution in [3.63, 3.8) is 0 Å². The topological polar surface area (TPSA) is 44.5 Å². The lowest BCUT2D eigenvalue weighted by molar-refractivity contribution is -0.344. The monoisotopic (exact) mass is 133 g/mol. The summed E-state index contributed by atoms with van der Waals surface area (Å²) < 4.78 is 9.82. The molecular weight excluding hydrogens is 126 g/mol. The first-order valence-electron chi connectivity index (χ1n) is 2.30. The van der Waals surface area contributed by atoms with E-state index in [1.165, 1.54) is 0 Å². The van der Waals surface area contributed by atoms with Gasteiger partial charge >= 0.3 is 0 Å². The Bertz CT molecular complexity index is 111. The fourth-order valence-corrected chi connectivity index (χ4v) is 0.604. The van der Waals surface area contributed by atoms with Gasteiger partial charge in [0, 0.05) is 0 Å². The maximum Gasteiger partial charge on any atom is 0.214 e. The van der Waals surface area contributed by atoms with Gasteiger partial charge in [-0.1, -0.05) is 12.2 Å². The maximum atomic E-state index is 5.14. The average Bonchev–Trinajstić information content (AvgIpc) is 1.57. The fourth-order valence-electron chi connectivity index (χ4n) is 0.492. The zero-order valence-corrected chi connectivity index (χ0v) is 5.27. The van der Waals surface area contributed by atoms with Crippen LogP contribution in [0.25, 0.3) is 0 Å². The van der Waals surface area contributed by atoms with Crippen LogP contribution in [-0.2, 0) is 9.47 Å². The van der Waals surface area contributed by atoms with Gasteiger partial charge in [-0.25, -0.2) is 0 Å². The van der Waals surface area contributed by atoms with Crippen LogP contribution in [0.5, 0.6) is 0 Å². The highest BCUT2D eigenvalue weighted by Crippen LogP contribution is 2.14. The molecule has 0 atom stereocenters. The summed E-state index contributed by atoms with van der Waals surface area (Å²) in [5.74, 6) is 0. The summed E-state index contributed by atoms with van der Waals surface area (Å²) in [5.41, 5.74) is 5.14. The molecule has 0 aromatic rings. The van der Waals surface area contributed by atoms with E-state index < -0.39 is 6.29 Å². The van der Waals surface area contributed by atoms with Crippen LogP contribution in [0.15, 0.2) is 0 Å². The molecule has 1 aliphatic heterocycles. The number of rotatable bonds is 1. The average molecular weight is 133 g/mol. The smallest absolute Gasteiger partial charge is 0.214 e. The standard InChI is InChI=1S/C4H7NO2S/c1-2-6-4(7-2)3(5)8/h2,4H,1H3,(H2,5,8). The molecule has 0 unspecified atom stereocenters. The summed E-state index contributed by atoms with van der Waals surface area (Å²) >= 11 is 4.55. The van der Waals surface area contributed by atoms with Gasteiger partial charge in [-0.05, 0) is 6.92 Å². The van der Waals surface area contributed by atoms with E-state index in [-0.39, 0.29) is 11.3 Å². The molecule has 1 saturated heterocycles. The van der Waals surface area contributed by atoms with Crippen LogP contribution >= 0.6 is 12.2 Å². The molecule has 4 heteroatoms. The molecule has 0 aromatic heterocycles. The zero-order chi connectivity index (χ0) is 6.15. The van der Waals surface area contributed by atoms with Crippen LogP contribution in [0, 0.1) is 0 Å². The second-order valence-corrected chi connectivity index (χ2v) is 2.05. The fraction of sp³-hybridized carbons (Fsp3) is 0.750. The van der Waals surface area contributed by atoms with E-state index in [0.29, 0.717) is 0 Å². The van der Waals surface area contributed by atoms with Crippen molar-refractivity contribution in [1.82, 2.24) is 0 Å². The summed E-state index contributed by atoms with van der Waals surface area (Å²) in [6.45, 7) is 1.79. The highest BCUT2D eigenvalue weighted by molar-refractivity contribution is 7.80. The van der Waals surface area contributed by atoms with E-state index in [1.54, 1.807) is 6.92 Å². The molecule has 0 radical (unpaired) electrons. The van der Waals surface area contributed by atoms with Gasteiger partial charge in [0.25, 0.3) is 0 Å². The first-order valence-corrected chi connectivity index (χ1v) is 2.71. The molecule has 3 nitrogen and oxygen atoms in total. The van der Waals surface area contributed by atoms with E-state index in [9.17, 15) is 0 Å². The Hall–Kier alpha value is -0.190. The Balaban J connectivity index is 2.25. The van der Waals surface area contributed by atoms with Crippen LogP contribution in [0.3, 0.4) is 0 Å². The second-order valence-electron chi connectivity index (χ2n) is 1.57. The molecule has 46 valence electrons. The molecule has 2 N–H and O–H groups in total. The molecule has 1 rings (SSSR count). The van der Waals surface area contributed by atoms with Crippen LogP contribution in [-0.4, -0.2) is 17.6 Å². The van der Waals surface area contributed by atoms with E-state index in [4.69, 9.17) is 15.2 Å². The second kappa shape index (κ2) is 1.97. The predicted molar refractivity (Wildman–Crippen MR) is 32.2 cm³/mol. The number of hydrogen-bond acceptors (Lipinski definition) is 3. The summed E-state index contributed by atoms with van der Waals surface area (Å²) in [4.78, 5) is 0.267. The van der Waals surface area contributed by atoms with Crippen molar-refractivity contribution in [2.45, 2.75) is 19.5 Å². The molecule has 1 fully saturated rings. The molecule has 0 bridgehead atoms. The highest BCUT2D eigenvalue weighted by atomic mass is 32.1. The molecule has 0 spiro atoms. The summed E-state index contributed by atoms with van der Waals surface area (Å²) in [6, 6.07) is 0. The molecule has 0 amide bonds. The van der Waals surface area contributed by atoms with Crippen LogP contribution in [0.1, 0.15) is 6.92 Å². The van der Waals surface area contributed by atoms with Gasteiger partial charge in [0.05, 0.1) is 0 Å². The minimum atomic E-state index is -0.431. The quantitative estimate of drug-likeness (QED) is 0.511. The largest absolute Gasteiger partial charge is 0.389 e. The van der Waals surface area contributed by atoms with Crippen LogP contribution in [0.4, 0.5) is 0 Å². The van der Waals surface area contributed by atoms with Gasteiger partial charge < -0.3 is 15.2 Å². The van der Waals surface area contributed by atoms with Crippen LogP contribution < -0.4 is 5.73 Å². The van der Waals surface area contributed by atoms with Gasteiger partial charge in [0.1, 0.15) is 4.99 Å². The predicted octanol–water partition coefficient (Wildman–Crippen LogP) is -0.00860. The minimum absolute atomic E-state index is 0.138. The Morgan fingerprint density at radius 2 is 2.12 bits per heavy atom. The third kappa shape index (κ3) is 0.964. The Morgan fingerprint density at radius 1 is 1.62 bits per heavy atom. The lowest BCUT2D eigenvalue weighted by Gasteiger charge is -2.32. The Labute approximate surface area is 52.8 Å². The number of hydrogen-bond donors (Lipinski definition) is 1. The lowest BCUT2D eigenvalue weighted by atomic mass is 10.5. The van der Waals surface area contributed by atoms with Gasteiger partial charge in [-0.15, -0.1) is 0 Å². The highest BCUT2D eigenvalue weighted by Gasteiger charge is 2.28. The van der Waals surface area contributed by atoms with Gasteiger partial charge in [-0.2, -0.15) is 0 Å². The van der Waals surface area contributed by atoms with Gasteiger partial charge in [0.2, 0.25) is 6.29 Å². The molecule has 0 aliphatic carbocycles. The Kier molecular flexibility index (Phi) is 1.46. The zero-order valence-electron chi connectivity index (χ0n) is 4.46. The normalized spacial score (nSPS) is 36.1. The SMILES string of the molecule is CC1OC(C(N)=S)O1. The summed E-state index contributed by atoms with van der Waals surface area (Å²) in [7, 11) is 0. The lowest BCUT2D eigenvalue weighted by Crippen LogP contribution is -2.46. The third-order valence-corrected chi connectivity index (χ3v) is 1.06. The van der Waals surface area contributed by atoms with Crippen molar-refractivity contribution in [3.05, 3.63) is 0 Å². The van der Waals surface area contributed by atoms with Crippen molar-refractivity contribution in [2.24, 2.45) is 5.73 Å². The molecule has 0 saturated carbocycles. The first-order chi connectivity index (χ1) is 3.70. The number of ether oxygens (including phenoxy) is 2. The van der Waals surface area contributed by atoms with Gasteiger partial charge in [0.15, 0.2) is 6.29 Å². The van der Waals surface area contributed by atoms with E-state index in [0.717, 1.165) is 0 Å². The third-order valence-electron chi connectivity index (χ3n) is 0.863. The first kappa shape index (κ1) is 5.94. The minimum Gasteiger partial charge on any atom is -0.389 e. The maximum absolute atomic E-state index is 5.14. The summed E-state index contributed by atoms with van der Waals surface area (Å²) in [6.07, 6.45) is -0.568. The molecule has 1 heterocycles. The van der Waals surface area contributed by atoms with E-state index in [2.05, 4.69) is 12.2 Å². The summed E-state index contributed by atoms with van der Waals surface area (Å²) in [5, 5.41) is 0. The van der Waals surface area contributed by atoms with Crippen molar-refractivity contribution in [2.75, 3.05) is 0 Å². The van der Waals surface area contributed by atoms with Crippen LogP contribution in [0.2, 0.25) is 0 Å². The van der Waals surface area contributed by atoms with Crippen molar-refractivity contribution in [3.8, 4) is 0 Å². The molecule has 1 aliphatic rings. The molecule has 0 aromatic carbocycles. The number of nitrogens with two attached hydrogens (primary N) is 1.